The summed E-state index contributed by atoms with van der Waals surface area (Å²) in [6.07, 6.45) is 0.596. The number of hydrogen-bond acceptors (Lipinski definition) is 3. The summed E-state index contributed by atoms with van der Waals surface area (Å²) in [4.78, 5) is 17.1. The summed E-state index contributed by atoms with van der Waals surface area (Å²) >= 11 is 6.11. The highest BCUT2D eigenvalue weighted by Crippen LogP contribution is 2.27. The first-order chi connectivity index (χ1) is 11.6. The molecule has 0 saturated carbocycles. The van der Waals surface area contributed by atoms with Crippen LogP contribution in [0.4, 0.5) is 0 Å². The molecule has 1 aromatic heterocycles. The molecular formula is C20H18ClNO2. The van der Waals surface area contributed by atoms with Gasteiger partial charge in [0, 0.05) is 10.4 Å². The van der Waals surface area contributed by atoms with Gasteiger partial charge < -0.3 is 4.74 Å². The smallest absolute Gasteiger partial charge is 0.340 e. The third-order valence-electron chi connectivity index (χ3n) is 3.93. The van der Waals surface area contributed by atoms with E-state index in [0.717, 1.165) is 22.0 Å². The quantitative estimate of drug-likeness (QED) is 0.630. The van der Waals surface area contributed by atoms with Gasteiger partial charge in [0.05, 0.1) is 23.4 Å². The minimum atomic E-state index is -0.328. The van der Waals surface area contributed by atoms with Crippen LogP contribution in [0.3, 0.4) is 0 Å². The van der Waals surface area contributed by atoms with Crippen LogP contribution in [0.15, 0.2) is 48.5 Å². The number of halogens is 1. The predicted molar refractivity (Wildman–Crippen MR) is 96.7 cm³/mol. The highest BCUT2D eigenvalue weighted by Gasteiger charge is 2.20. The third-order valence-corrected chi connectivity index (χ3v) is 4.17. The fraction of sp³-hybridized carbons (Fsp3) is 0.200. The number of fused-ring (bicyclic) bond motifs is 1. The minimum Gasteiger partial charge on any atom is -0.462 e. The van der Waals surface area contributed by atoms with Crippen molar-refractivity contribution in [1.29, 1.82) is 0 Å². The van der Waals surface area contributed by atoms with Gasteiger partial charge in [-0.3, -0.25) is 4.98 Å². The summed E-state index contributed by atoms with van der Waals surface area (Å²) in [5.41, 5.74) is 4.09. The first kappa shape index (κ1) is 16.5. The van der Waals surface area contributed by atoms with Crippen LogP contribution in [-0.2, 0) is 11.2 Å². The average molecular weight is 340 g/mol. The number of nitrogens with zero attached hydrogens (tertiary/aromatic N) is 1. The summed E-state index contributed by atoms with van der Waals surface area (Å²) in [6, 6.07) is 15.5. The van der Waals surface area contributed by atoms with Gasteiger partial charge in [-0.15, -0.1) is 0 Å². The molecule has 0 radical (unpaired) electrons. The molecule has 3 aromatic rings. The maximum Gasteiger partial charge on any atom is 0.340 e. The van der Waals surface area contributed by atoms with Crippen molar-refractivity contribution < 1.29 is 9.53 Å². The number of ether oxygens (including phenoxy) is 1. The van der Waals surface area contributed by atoms with E-state index in [-0.39, 0.29) is 5.97 Å². The maximum absolute atomic E-state index is 12.5. The molecule has 0 aliphatic heterocycles. The summed E-state index contributed by atoms with van der Waals surface area (Å²) in [7, 11) is 0. The number of carbonyl (C=O) groups is 1. The number of carbonyl (C=O) groups excluding carboxylic acids is 1. The van der Waals surface area contributed by atoms with Gasteiger partial charge in [-0.1, -0.05) is 41.9 Å². The number of aryl methyl sites for hydroxylation is 1. The molecule has 3 nitrogen and oxygen atoms in total. The SMILES string of the molecule is CCOC(=O)c1c(C)nc2ccccc2c1Cc1cccc(Cl)c1. The van der Waals surface area contributed by atoms with E-state index in [4.69, 9.17) is 16.3 Å². The molecule has 1 heterocycles. The van der Waals surface area contributed by atoms with Crippen LogP contribution in [0.1, 0.15) is 34.1 Å². The van der Waals surface area contributed by atoms with E-state index in [1.54, 1.807) is 6.92 Å². The Balaban J connectivity index is 2.21. The second-order valence-corrected chi connectivity index (χ2v) is 6.03. The second kappa shape index (κ2) is 7.02. The van der Waals surface area contributed by atoms with Gasteiger partial charge in [0.25, 0.3) is 0 Å². The molecule has 0 N–H and O–H groups in total. The number of aromatic nitrogens is 1. The highest BCUT2D eigenvalue weighted by atomic mass is 35.5. The Kier molecular flexibility index (Phi) is 4.81. The van der Waals surface area contributed by atoms with E-state index in [9.17, 15) is 4.79 Å². The molecule has 0 fully saturated rings. The highest BCUT2D eigenvalue weighted by molar-refractivity contribution is 6.30. The zero-order valence-corrected chi connectivity index (χ0v) is 14.4. The fourth-order valence-corrected chi connectivity index (χ4v) is 3.14. The number of esters is 1. The molecule has 2 aromatic carbocycles. The maximum atomic E-state index is 12.5. The topological polar surface area (TPSA) is 39.2 Å². The molecule has 0 aliphatic rings. The van der Waals surface area contributed by atoms with E-state index in [2.05, 4.69) is 4.98 Å². The minimum absolute atomic E-state index is 0.328. The largest absolute Gasteiger partial charge is 0.462 e. The van der Waals surface area contributed by atoms with Crippen LogP contribution in [-0.4, -0.2) is 17.6 Å². The summed E-state index contributed by atoms with van der Waals surface area (Å²) in [6.45, 7) is 3.99. The Bertz CT molecular complexity index is 905. The summed E-state index contributed by atoms with van der Waals surface area (Å²) in [5.74, 6) is -0.328. The van der Waals surface area contributed by atoms with Crippen molar-refractivity contribution in [3.05, 3.63) is 75.9 Å². The Morgan fingerprint density at radius 2 is 1.96 bits per heavy atom. The lowest BCUT2D eigenvalue weighted by atomic mass is 9.94. The lowest BCUT2D eigenvalue weighted by Gasteiger charge is -2.15. The third kappa shape index (κ3) is 3.26. The molecule has 0 amide bonds. The Morgan fingerprint density at radius 3 is 2.71 bits per heavy atom. The zero-order valence-electron chi connectivity index (χ0n) is 13.7. The zero-order chi connectivity index (χ0) is 17.1. The van der Waals surface area contributed by atoms with Gasteiger partial charge in [-0.2, -0.15) is 0 Å². The molecule has 0 unspecified atom stereocenters. The van der Waals surface area contributed by atoms with E-state index >= 15 is 0 Å². The standard InChI is InChI=1S/C20H18ClNO2/c1-3-24-20(23)19-13(2)22-18-10-5-4-9-16(18)17(19)12-14-7-6-8-15(21)11-14/h4-11H,3,12H2,1-2H3. The second-order valence-electron chi connectivity index (χ2n) is 5.60. The first-order valence-electron chi connectivity index (χ1n) is 7.90. The van der Waals surface area contributed by atoms with Crippen molar-refractivity contribution in [2.45, 2.75) is 20.3 Å². The van der Waals surface area contributed by atoms with Gasteiger partial charge in [0.1, 0.15) is 0 Å². The Morgan fingerprint density at radius 1 is 1.17 bits per heavy atom. The molecule has 0 atom stereocenters. The molecule has 24 heavy (non-hydrogen) atoms. The van der Waals surface area contributed by atoms with Crippen molar-refractivity contribution in [3.8, 4) is 0 Å². The van der Waals surface area contributed by atoms with E-state index in [0.29, 0.717) is 29.3 Å². The number of rotatable bonds is 4. The average Bonchev–Trinajstić information content (AvgIpc) is 2.55. The monoisotopic (exact) mass is 339 g/mol. The van der Waals surface area contributed by atoms with Crippen molar-refractivity contribution in [2.75, 3.05) is 6.61 Å². The number of para-hydroxylation sites is 1. The van der Waals surface area contributed by atoms with Crippen molar-refractivity contribution in [1.82, 2.24) is 4.98 Å². The molecule has 4 heteroatoms. The Labute approximate surface area is 146 Å². The molecular weight excluding hydrogens is 322 g/mol. The first-order valence-corrected chi connectivity index (χ1v) is 8.27. The molecule has 0 spiro atoms. The molecule has 0 bridgehead atoms. The van der Waals surface area contributed by atoms with Gasteiger partial charge in [-0.05, 0) is 49.6 Å². The molecule has 0 saturated heterocycles. The lowest BCUT2D eigenvalue weighted by Crippen LogP contribution is -2.12. The van der Waals surface area contributed by atoms with Crippen LogP contribution in [0.2, 0.25) is 5.02 Å². The van der Waals surface area contributed by atoms with E-state index < -0.39 is 0 Å². The van der Waals surface area contributed by atoms with Crippen LogP contribution < -0.4 is 0 Å². The van der Waals surface area contributed by atoms with Gasteiger partial charge >= 0.3 is 5.97 Å². The predicted octanol–water partition coefficient (Wildman–Crippen LogP) is 4.96. The molecule has 0 aliphatic carbocycles. The van der Waals surface area contributed by atoms with Gasteiger partial charge in [0.2, 0.25) is 0 Å². The molecule has 3 rings (SSSR count). The Hall–Kier alpha value is -2.39. The van der Waals surface area contributed by atoms with Gasteiger partial charge in [0.15, 0.2) is 0 Å². The number of hydrogen-bond donors (Lipinski definition) is 0. The number of pyridine rings is 1. The number of benzene rings is 2. The van der Waals surface area contributed by atoms with Crippen molar-refractivity contribution in [3.63, 3.8) is 0 Å². The van der Waals surface area contributed by atoms with E-state index in [1.807, 2.05) is 55.5 Å². The summed E-state index contributed by atoms with van der Waals surface area (Å²) in [5, 5.41) is 1.64. The summed E-state index contributed by atoms with van der Waals surface area (Å²) < 4.78 is 5.25. The fourth-order valence-electron chi connectivity index (χ4n) is 2.92. The van der Waals surface area contributed by atoms with Crippen LogP contribution in [0.5, 0.6) is 0 Å². The van der Waals surface area contributed by atoms with Crippen LogP contribution in [0, 0.1) is 6.92 Å². The normalized spacial score (nSPS) is 10.8. The van der Waals surface area contributed by atoms with Crippen molar-refractivity contribution >= 4 is 28.5 Å². The van der Waals surface area contributed by atoms with Crippen LogP contribution in [0.25, 0.3) is 10.9 Å². The van der Waals surface area contributed by atoms with Gasteiger partial charge in [-0.25, -0.2) is 4.79 Å². The van der Waals surface area contributed by atoms with E-state index in [1.165, 1.54) is 0 Å². The van der Waals surface area contributed by atoms with Crippen molar-refractivity contribution in [2.24, 2.45) is 0 Å². The molecule has 122 valence electrons. The van der Waals surface area contributed by atoms with Crippen LogP contribution >= 0.6 is 11.6 Å². The lowest BCUT2D eigenvalue weighted by molar-refractivity contribution is 0.0524.